The third kappa shape index (κ3) is 5.30. The number of carbonyl (C=O) groups excluding carboxylic acids is 1. The van der Waals surface area contributed by atoms with E-state index in [1.54, 1.807) is 28.6 Å². The van der Waals surface area contributed by atoms with Crippen molar-refractivity contribution in [1.82, 2.24) is 9.21 Å². The molecule has 2 fully saturated rings. The number of benzene rings is 1. The van der Waals surface area contributed by atoms with Crippen molar-refractivity contribution < 1.29 is 13.2 Å². The van der Waals surface area contributed by atoms with Crippen molar-refractivity contribution >= 4 is 21.6 Å². The first kappa shape index (κ1) is 20.3. The van der Waals surface area contributed by atoms with E-state index in [9.17, 15) is 13.2 Å². The Labute approximate surface area is 163 Å². The van der Waals surface area contributed by atoms with Crippen LogP contribution in [-0.4, -0.2) is 55.8 Å². The Kier molecular flexibility index (Phi) is 6.89. The number of hydrogen-bond acceptors (Lipinski definition) is 4. The normalized spacial score (nSPS) is 22.9. The maximum absolute atomic E-state index is 12.8. The van der Waals surface area contributed by atoms with Crippen LogP contribution in [0.1, 0.15) is 51.9 Å². The van der Waals surface area contributed by atoms with Gasteiger partial charge in [-0.05, 0) is 63.4 Å². The van der Waals surface area contributed by atoms with Crippen LogP contribution >= 0.6 is 0 Å². The molecule has 2 saturated heterocycles. The smallest absolute Gasteiger partial charge is 0.243 e. The van der Waals surface area contributed by atoms with Crippen LogP contribution < -0.4 is 5.32 Å². The topological polar surface area (TPSA) is 69.7 Å². The molecule has 0 radical (unpaired) electrons. The van der Waals surface area contributed by atoms with Gasteiger partial charge in [0, 0.05) is 24.8 Å². The molecule has 150 valence electrons. The second-order valence-electron chi connectivity index (χ2n) is 7.71. The molecule has 0 unspecified atom stereocenters. The number of likely N-dealkylation sites (tertiary alicyclic amines) is 1. The molecule has 7 heteroatoms. The van der Waals surface area contributed by atoms with Crippen molar-refractivity contribution in [2.45, 2.75) is 62.8 Å². The highest BCUT2D eigenvalue weighted by Gasteiger charge is 2.25. The molecule has 0 spiro atoms. The van der Waals surface area contributed by atoms with Crippen LogP contribution in [0, 0.1) is 0 Å². The summed E-state index contributed by atoms with van der Waals surface area (Å²) < 4.78 is 27.2. The molecule has 27 heavy (non-hydrogen) atoms. The van der Waals surface area contributed by atoms with Crippen molar-refractivity contribution in [2.24, 2.45) is 0 Å². The summed E-state index contributed by atoms with van der Waals surface area (Å²) in [5.41, 5.74) is 0.638. The third-order valence-corrected chi connectivity index (χ3v) is 7.54. The van der Waals surface area contributed by atoms with E-state index in [0.29, 0.717) is 36.3 Å². The van der Waals surface area contributed by atoms with Crippen LogP contribution in [0.5, 0.6) is 0 Å². The zero-order chi connectivity index (χ0) is 19.3. The zero-order valence-corrected chi connectivity index (χ0v) is 17.0. The number of anilines is 1. The largest absolute Gasteiger partial charge is 0.325 e. The van der Waals surface area contributed by atoms with Crippen molar-refractivity contribution in [3.63, 3.8) is 0 Å². The Hall–Kier alpha value is -1.44. The second kappa shape index (κ2) is 9.17. The molecular weight excluding hydrogens is 362 g/mol. The molecular formula is C20H31N3O3S. The van der Waals surface area contributed by atoms with Crippen LogP contribution in [0.3, 0.4) is 0 Å². The van der Waals surface area contributed by atoms with E-state index < -0.39 is 10.0 Å². The van der Waals surface area contributed by atoms with Gasteiger partial charge in [-0.15, -0.1) is 0 Å². The first-order valence-electron chi connectivity index (χ1n) is 10.1. The summed E-state index contributed by atoms with van der Waals surface area (Å²) in [6, 6.07) is 6.99. The SMILES string of the molecule is C[C@H]1CCCCN1CC(=O)Nc1ccc(S(=O)(=O)N2CCCCCC2)cc1. The quantitative estimate of drug-likeness (QED) is 0.835. The van der Waals surface area contributed by atoms with Gasteiger partial charge in [-0.25, -0.2) is 8.42 Å². The number of piperidine rings is 1. The molecule has 1 atom stereocenters. The summed E-state index contributed by atoms with van der Waals surface area (Å²) in [6.07, 6.45) is 7.52. The predicted molar refractivity (Wildman–Crippen MR) is 107 cm³/mol. The summed E-state index contributed by atoms with van der Waals surface area (Å²) >= 11 is 0. The van der Waals surface area contributed by atoms with E-state index >= 15 is 0 Å². The van der Waals surface area contributed by atoms with Crippen LogP contribution in [0.2, 0.25) is 0 Å². The first-order chi connectivity index (χ1) is 13.0. The number of hydrogen-bond donors (Lipinski definition) is 1. The van der Waals surface area contributed by atoms with Crippen LogP contribution in [0.25, 0.3) is 0 Å². The van der Waals surface area contributed by atoms with Gasteiger partial charge in [0.1, 0.15) is 0 Å². The van der Waals surface area contributed by atoms with Gasteiger partial charge in [0.15, 0.2) is 0 Å². The fourth-order valence-electron chi connectivity index (χ4n) is 3.92. The number of rotatable bonds is 5. The summed E-state index contributed by atoms with van der Waals surface area (Å²) in [6.45, 7) is 4.69. The summed E-state index contributed by atoms with van der Waals surface area (Å²) in [7, 11) is -3.45. The van der Waals surface area contributed by atoms with Crippen molar-refractivity contribution in [3.05, 3.63) is 24.3 Å². The summed E-state index contributed by atoms with van der Waals surface area (Å²) in [4.78, 5) is 14.8. The fourth-order valence-corrected chi connectivity index (χ4v) is 5.44. The molecule has 1 aromatic carbocycles. The molecule has 6 nitrogen and oxygen atoms in total. The minimum absolute atomic E-state index is 0.0492. The molecule has 1 amide bonds. The average molecular weight is 394 g/mol. The molecule has 2 aliphatic rings. The van der Waals surface area contributed by atoms with Gasteiger partial charge in [-0.1, -0.05) is 19.3 Å². The molecule has 0 aromatic heterocycles. The summed E-state index contributed by atoms with van der Waals surface area (Å²) in [5.74, 6) is -0.0492. The minimum atomic E-state index is -3.45. The fraction of sp³-hybridized carbons (Fsp3) is 0.650. The molecule has 2 heterocycles. The average Bonchev–Trinajstić information content (AvgIpc) is 2.94. The lowest BCUT2D eigenvalue weighted by molar-refractivity contribution is -0.118. The highest BCUT2D eigenvalue weighted by atomic mass is 32.2. The van der Waals surface area contributed by atoms with Gasteiger partial charge in [-0.2, -0.15) is 4.31 Å². The molecule has 0 saturated carbocycles. The van der Waals surface area contributed by atoms with Gasteiger partial charge in [0.25, 0.3) is 0 Å². The Balaban J connectivity index is 1.60. The number of nitrogens with one attached hydrogen (secondary N) is 1. The standard InChI is InChI=1S/C20H31N3O3S/c1-17-8-4-7-13-22(17)16-20(24)21-18-9-11-19(12-10-18)27(25,26)23-14-5-2-3-6-15-23/h9-12,17H,2-8,13-16H2,1H3,(H,21,24)/t17-/m0/s1. The van der Waals surface area contributed by atoms with Crippen LogP contribution in [-0.2, 0) is 14.8 Å². The highest BCUT2D eigenvalue weighted by Crippen LogP contribution is 2.22. The van der Waals surface area contributed by atoms with E-state index in [-0.39, 0.29) is 5.91 Å². The van der Waals surface area contributed by atoms with Crippen LogP contribution in [0.4, 0.5) is 5.69 Å². The van der Waals surface area contributed by atoms with Crippen molar-refractivity contribution in [1.29, 1.82) is 0 Å². The maximum Gasteiger partial charge on any atom is 0.243 e. The number of amides is 1. The number of sulfonamides is 1. The Morgan fingerprint density at radius 1 is 1.00 bits per heavy atom. The minimum Gasteiger partial charge on any atom is -0.325 e. The Morgan fingerprint density at radius 2 is 1.63 bits per heavy atom. The number of carbonyl (C=O) groups is 1. The van der Waals surface area contributed by atoms with E-state index in [2.05, 4.69) is 17.1 Å². The van der Waals surface area contributed by atoms with E-state index in [0.717, 1.165) is 45.1 Å². The monoisotopic (exact) mass is 393 g/mol. The zero-order valence-electron chi connectivity index (χ0n) is 16.2. The lowest BCUT2D eigenvalue weighted by Gasteiger charge is -2.32. The van der Waals surface area contributed by atoms with Gasteiger partial charge in [-0.3, -0.25) is 9.69 Å². The number of nitrogens with zero attached hydrogens (tertiary/aromatic N) is 2. The van der Waals surface area contributed by atoms with Gasteiger partial charge in [0.2, 0.25) is 15.9 Å². The van der Waals surface area contributed by atoms with Crippen molar-refractivity contribution in [3.8, 4) is 0 Å². The van der Waals surface area contributed by atoms with Gasteiger partial charge >= 0.3 is 0 Å². The lowest BCUT2D eigenvalue weighted by atomic mass is 10.0. The third-order valence-electron chi connectivity index (χ3n) is 5.63. The molecule has 1 N–H and O–H groups in total. The Morgan fingerprint density at radius 3 is 2.26 bits per heavy atom. The Bertz CT molecular complexity index is 725. The lowest BCUT2D eigenvalue weighted by Crippen LogP contribution is -2.42. The predicted octanol–water partition coefficient (Wildman–Crippen LogP) is 3.06. The highest BCUT2D eigenvalue weighted by molar-refractivity contribution is 7.89. The first-order valence-corrected chi connectivity index (χ1v) is 11.5. The second-order valence-corrected chi connectivity index (χ2v) is 9.64. The molecule has 3 rings (SSSR count). The van der Waals surface area contributed by atoms with Gasteiger partial charge < -0.3 is 5.32 Å². The van der Waals surface area contributed by atoms with Gasteiger partial charge in [0.05, 0.1) is 11.4 Å². The molecule has 0 bridgehead atoms. The van der Waals surface area contributed by atoms with Crippen LogP contribution in [0.15, 0.2) is 29.2 Å². The molecule has 1 aromatic rings. The van der Waals surface area contributed by atoms with E-state index in [1.165, 1.54) is 6.42 Å². The molecule has 2 aliphatic heterocycles. The van der Waals surface area contributed by atoms with E-state index in [1.807, 2.05) is 0 Å². The summed E-state index contributed by atoms with van der Waals surface area (Å²) in [5, 5.41) is 2.89. The maximum atomic E-state index is 12.8. The molecule has 0 aliphatic carbocycles. The van der Waals surface area contributed by atoms with E-state index in [4.69, 9.17) is 0 Å². The van der Waals surface area contributed by atoms with Crippen molar-refractivity contribution in [2.75, 3.05) is 31.5 Å².